The number of carbonyl (C=O) groups is 3. The molecule has 3 fully saturated rings. The van der Waals surface area contributed by atoms with E-state index in [0.717, 1.165) is 19.3 Å². The number of hydrogen-bond donors (Lipinski definition) is 2. The number of nitrogens with zero attached hydrogens (tertiary/aromatic N) is 1. The third-order valence-electron chi connectivity index (χ3n) is 4.82. The predicted octanol–water partition coefficient (Wildman–Crippen LogP) is -0.00510. The van der Waals surface area contributed by atoms with E-state index >= 15 is 0 Å². The molecule has 2 aliphatic heterocycles. The Morgan fingerprint density at radius 3 is 2.55 bits per heavy atom. The zero-order valence-electron chi connectivity index (χ0n) is 12.5. The molecule has 2 saturated heterocycles. The average Bonchev–Trinajstić information content (AvgIpc) is 3.26. The third-order valence-corrected chi connectivity index (χ3v) is 4.82. The fraction of sp³-hybridized carbons (Fsp3) is 0.800. The summed E-state index contributed by atoms with van der Waals surface area (Å²) in [6, 6.07) is 0. The smallest absolute Gasteiger partial charge is 0.331 e. The molecule has 0 aromatic rings. The van der Waals surface area contributed by atoms with E-state index in [-0.39, 0.29) is 36.7 Å². The molecule has 0 spiro atoms. The standard InChI is InChI=1S/C15H22N2O5/c18-12(16-15(14(20)21)5-7-22-9-15)11-2-1-6-17(8-11)13(19)10-3-4-10/h10-11H,1-9H2,(H,16,18)(H,20,21). The quantitative estimate of drug-likeness (QED) is 0.762. The lowest BCUT2D eigenvalue weighted by atomic mass is 9.93. The van der Waals surface area contributed by atoms with Gasteiger partial charge in [0.15, 0.2) is 5.54 Å². The van der Waals surface area contributed by atoms with Gasteiger partial charge in [-0.3, -0.25) is 9.59 Å². The number of likely N-dealkylation sites (tertiary alicyclic amines) is 1. The highest BCUT2D eigenvalue weighted by Crippen LogP contribution is 2.32. The summed E-state index contributed by atoms with van der Waals surface area (Å²) in [6.45, 7) is 1.44. The largest absolute Gasteiger partial charge is 0.479 e. The van der Waals surface area contributed by atoms with Crippen LogP contribution in [0.25, 0.3) is 0 Å². The highest BCUT2D eigenvalue weighted by atomic mass is 16.5. The molecule has 122 valence electrons. The summed E-state index contributed by atoms with van der Waals surface area (Å²) in [5.74, 6) is -1.36. The minimum atomic E-state index is -1.31. The first-order valence-corrected chi connectivity index (χ1v) is 7.94. The van der Waals surface area contributed by atoms with Crippen LogP contribution in [-0.4, -0.2) is 59.6 Å². The van der Waals surface area contributed by atoms with Crippen LogP contribution in [0.15, 0.2) is 0 Å². The maximum absolute atomic E-state index is 12.4. The van der Waals surface area contributed by atoms with Crippen LogP contribution in [0.1, 0.15) is 32.1 Å². The first-order valence-electron chi connectivity index (χ1n) is 7.94. The highest BCUT2D eigenvalue weighted by Gasteiger charge is 2.45. The Balaban J connectivity index is 1.61. The maximum Gasteiger partial charge on any atom is 0.331 e. The van der Waals surface area contributed by atoms with Crippen molar-refractivity contribution in [2.45, 2.75) is 37.6 Å². The van der Waals surface area contributed by atoms with E-state index in [1.54, 1.807) is 4.90 Å². The van der Waals surface area contributed by atoms with E-state index < -0.39 is 11.5 Å². The van der Waals surface area contributed by atoms with Crippen LogP contribution in [0, 0.1) is 11.8 Å². The Labute approximate surface area is 129 Å². The lowest BCUT2D eigenvalue weighted by Crippen LogP contribution is -2.58. The summed E-state index contributed by atoms with van der Waals surface area (Å²) in [5.41, 5.74) is -1.31. The van der Waals surface area contributed by atoms with Crippen molar-refractivity contribution in [2.75, 3.05) is 26.3 Å². The number of carbonyl (C=O) groups excluding carboxylic acids is 2. The molecule has 2 N–H and O–H groups in total. The van der Waals surface area contributed by atoms with Gasteiger partial charge in [-0.2, -0.15) is 0 Å². The fourth-order valence-electron chi connectivity index (χ4n) is 3.20. The molecule has 7 heteroatoms. The van der Waals surface area contributed by atoms with E-state index in [9.17, 15) is 19.5 Å². The normalized spacial score (nSPS) is 31.8. The van der Waals surface area contributed by atoms with Gasteiger partial charge in [0.2, 0.25) is 11.8 Å². The molecule has 0 bridgehead atoms. The number of nitrogens with one attached hydrogen (secondary N) is 1. The Hall–Kier alpha value is -1.63. The van der Waals surface area contributed by atoms with E-state index in [0.29, 0.717) is 26.1 Å². The molecule has 1 aliphatic carbocycles. The van der Waals surface area contributed by atoms with Crippen LogP contribution in [0.5, 0.6) is 0 Å². The second-order valence-corrected chi connectivity index (χ2v) is 6.58. The van der Waals surface area contributed by atoms with E-state index in [1.807, 2.05) is 0 Å². The zero-order chi connectivity index (χ0) is 15.7. The fourth-order valence-corrected chi connectivity index (χ4v) is 3.20. The summed E-state index contributed by atoms with van der Waals surface area (Å²) in [7, 11) is 0. The van der Waals surface area contributed by atoms with Gasteiger partial charge in [-0.1, -0.05) is 0 Å². The van der Waals surface area contributed by atoms with Crippen molar-refractivity contribution < 1.29 is 24.2 Å². The summed E-state index contributed by atoms with van der Waals surface area (Å²) >= 11 is 0. The molecule has 0 aromatic heterocycles. The van der Waals surface area contributed by atoms with Gasteiger partial charge in [0.05, 0.1) is 12.5 Å². The predicted molar refractivity (Wildman–Crippen MR) is 76.0 cm³/mol. The number of piperidine rings is 1. The Morgan fingerprint density at radius 2 is 1.95 bits per heavy atom. The molecule has 2 amide bonds. The van der Waals surface area contributed by atoms with Crippen molar-refractivity contribution in [1.82, 2.24) is 10.2 Å². The molecule has 2 atom stereocenters. The third kappa shape index (κ3) is 2.95. The van der Waals surface area contributed by atoms with Crippen LogP contribution >= 0.6 is 0 Å². The molecule has 3 aliphatic rings. The van der Waals surface area contributed by atoms with Gasteiger partial charge in [0.1, 0.15) is 0 Å². The molecular formula is C15H22N2O5. The van der Waals surface area contributed by atoms with Crippen LogP contribution in [0.4, 0.5) is 0 Å². The van der Waals surface area contributed by atoms with Crippen LogP contribution in [-0.2, 0) is 19.1 Å². The average molecular weight is 310 g/mol. The Bertz CT molecular complexity index is 482. The van der Waals surface area contributed by atoms with Gasteiger partial charge in [-0.05, 0) is 25.7 Å². The molecule has 3 rings (SSSR count). The minimum Gasteiger partial charge on any atom is -0.479 e. The van der Waals surface area contributed by atoms with Gasteiger partial charge in [0, 0.05) is 32.0 Å². The summed E-state index contributed by atoms with van der Waals surface area (Å²) in [5, 5.41) is 12.0. The minimum absolute atomic E-state index is 0.00547. The van der Waals surface area contributed by atoms with Crippen molar-refractivity contribution in [3.05, 3.63) is 0 Å². The van der Waals surface area contributed by atoms with Crippen LogP contribution in [0.3, 0.4) is 0 Å². The second-order valence-electron chi connectivity index (χ2n) is 6.58. The molecule has 0 aromatic carbocycles. The van der Waals surface area contributed by atoms with E-state index in [4.69, 9.17) is 4.74 Å². The monoisotopic (exact) mass is 310 g/mol. The van der Waals surface area contributed by atoms with Crippen molar-refractivity contribution in [3.8, 4) is 0 Å². The maximum atomic E-state index is 12.4. The first kappa shape index (κ1) is 15.3. The molecule has 7 nitrogen and oxygen atoms in total. The van der Waals surface area contributed by atoms with Crippen molar-refractivity contribution in [1.29, 1.82) is 0 Å². The number of rotatable bonds is 4. The summed E-state index contributed by atoms with van der Waals surface area (Å²) in [4.78, 5) is 37.8. The molecule has 2 unspecified atom stereocenters. The van der Waals surface area contributed by atoms with Gasteiger partial charge in [0.25, 0.3) is 0 Å². The van der Waals surface area contributed by atoms with Crippen LogP contribution in [0.2, 0.25) is 0 Å². The highest BCUT2D eigenvalue weighted by molar-refractivity contribution is 5.89. The van der Waals surface area contributed by atoms with Crippen molar-refractivity contribution >= 4 is 17.8 Å². The topological polar surface area (TPSA) is 95.9 Å². The lowest BCUT2D eigenvalue weighted by molar-refractivity contribution is -0.149. The molecule has 2 heterocycles. The Morgan fingerprint density at radius 1 is 1.18 bits per heavy atom. The number of aliphatic carboxylic acids is 1. The number of hydrogen-bond acceptors (Lipinski definition) is 4. The van der Waals surface area contributed by atoms with E-state index in [1.165, 1.54) is 0 Å². The van der Waals surface area contributed by atoms with Gasteiger partial charge < -0.3 is 20.1 Å². The van der Waals surface area contributed by atoms with Gasteiger partial charge >= 0.3 is 5.97 Å². The zero-order valence-corrected chi connectivity index (χ0v) is 12.5. The number of carboxylic acids is 1. The second kappa shape index (κ2) is 5.87. The van der Waals surface area contributed by atoms with Crippen molar-refractivity contribution in [2.24, 2.45) is 11.8 Å². The summed E-state index contributed by atoms with van der Waals surface area (Å²) < 4.78 is 5.15. The SMILES string of the molecule is O=C(NC1(C(=O)O)CCOC1)C1CCCN(C(=O)C2CC2)C1. The number of carboxylic acid groups (broad SMARTS) is 1. The Kier molecular flexibility index (Phi) is 4.08. The molecular weight excluding hydrogens is 288 g/mol. The number of ether oxygens (including phenoxy) is 1. The van der Waals surface area contributed by atoms with Gasteiger partial charge in [-0.25, -0.2) is 4.79 Å². The molecule has 1 saturated carbocycles. The summed E-state index contributed by atoms with van der Waals surface area (Å²) in [6.07, 6.45) is 3.66. The molecule has 22 heavy (non-hydrogen) atoms. The van der Waals surface area contributed by atoms with E-state index in [2.05, 4.69) is 5.32 Å². The van der Waals surface area contributed by atoms with Gasteiger partial charge in [-0.15, -0.1) is 0 Å². The first-order chi connectivity index (χ1) is 10.5. The lowest BCUT2D eigenvalue weighted by Gasteiger charge is -2.34. The van der Waals surface area contributed by atoms with Crippen molar-refractivity contribution in [3.63, 3.8) is 0 Å². The number of amides is 2. The molecule has 0 radical (unpaired) electrons. The van der Waals surface area contributed by atoms with Crippen LogP contribution < -0.4 is 5.32 Å².